The molecule has 1 heterocycles. The highest BCUT2D eigenvalue weighted by Gasteiger charge is 2.31. The van der Waals surface area contributed by atoms with Gasteiger partial charge in [-0.1, -0.05) is 48.5 Å². The van der Waals surface area contributed by atoms with E-state index in [1.54, 1.807) is 32.4 Å². The van der Waals surface area contributed by atoms with Crippen molar-refractivity contribution in [1.29, 1.82) is 0 Å². The number of benzene rings is 4. The molecule has 2 amide bonds. The van der Waals surface area contributed by atoms with E-state index in [4.69, 9.17) is 20.9 Å². The van der Waals surface area contributed by atoms with Crippen LogP contribution in [0.2, 0.25) is 0 Å². The van der Waals surface area contributed by atoms with Gasteiger partial charge in [0, 0.05) is 24.8 Å². The van der Waals surface area contributed by atoms with E-state index < -0.39 is 12.7 Å². The second-order valence-corrected chi connectivity index (χ2v) is 12.2. The van der Waals surface area contributed by atoms with Gasteiger partial charge in [-0.05, 0) is 96.8 Å². The summed E-state index contributed by atoms with van der Waals surface area (Å²) in [6.45, 7) is 4.14. The number of halogens is 6. The standard InChI is InChI=1S/C25H27N3O4.2C8H8F3NO/c1-16(18-7-5-9-21(13-18)31-3)27-24(29)20-11-12-26-23(15-20)25(30)28-17(2)19-8-6-10-22(14-19)32-4;2*9-8(10,11)13-7-3-1-2-6(4-7)5-12/h5-17H,1-4H3,(H,27,29)(H,28,30);2*1-4H,5,12H2. The Labute approximate surface area is 331 Å². The molecule has 5 aromatic rings. The molecule has 0 aliphatic rings. The summed E-state index contributed by atoms with van der Waals surface area (Å²) < 4.78 is 88.2. The van der Waals surface area contributed by atoms with Crippen LogP contribution in [0.4, 0.5) is 26.3 Å². The van der Waals surface area contributed by atoms with Crippen LogP contribution in [0, 0.1) is 0 Å². The summed E-state index contributed by atoms with van der Waals surface area (Å²) in [6, 6.07) is 28.7. The van der Waals surface area contributed by atoms with E-state index in [0.717, 1.165) is 16.9 Å². The molecule has 0 spiro atoms. The zero-order chi connectivity index (χ0) is 42.9. The minimum atomic E-state index is -4.65. The smallest absolute Gasteiger partial charge is 0.497 e. The van der Waals surface area contributed by atoms with Crippen LogP contribution in [0.25, 0.3) is 0 Å². The predicted molar refractivity (Wildman–Crippen MR) is 204 cm³/mol. The molecule has 6 N–H and O–H groups in total. The predicted octanol–water partition coefficient (Wildman–Crippen LogP) is 8.17. The topological polar surface area (TPSA) is 160 Å². The third kappa shape index (κ3) is 16.0. The molecule has 0 saturated heterocycles. The molecule has 58 heavy (non-hydrogen) atoms. The first-order valence-electron chi connectivity index (χ1n) is 17.4. The van der Waals surface area contributed by atoms with Gasteiger partial charge in [0.2, 0.25) is 0 Å². The van der Waals surface area contributed by atoms with Crippen molar-refractivity contribution in [2.45, 2.75) is 51.7 Å². The summed E-state index contributed by atoms with van der Waals surface area (Å²) in [5.41, 5.74) is 14.0. The van der Waals surface area contributed by atoms with Gasteiger partial charge in [-0.15, -0.1) is 26.3 Å². The first-order valence-corrected chi connectivity index (χ1v) is 17.4. The van der Waals surface area contributed by atoms with Gasteiger partial charge >= 0.3 is 12.7 Å². The third-order valence-corrected chi connectivity index (χ3v) is 7.87. The molecule has 11 nitrogen and oxygen atoms in total. The molecule has 0 radical (unpaired) electrons. The van der Waals surface area contributed by atoms with Crippen LogP contribution in [0.5, 0.6) is 23.0 Å². The fourth-order valence-electron chi connectivity index (χ4n) is 4.97. The number of hydrogen-bond donors (Lipinski definition) is 4. The minimum Gasteiger partial charge on any atom is -0.497 e. The van der Waals surface area contributed by atoms with E-state index in [1.807, 2.05) is 62.4 Å². The maximum Gasteiger partial charge on any atom is 0.573 e. The average molecular weight is 816 g/mol. The van der Waals surface area contributed by atoms with Crippen LogP contribution in [-0.4, -0.2) is 43.7 Å². The van der Waals surface area contributed by atoms with E-state index >= 15 is 0 Å². The highest BCUT2D eigenvalue weighted by atomic mass is 19.4. The molecule has 5 rings (SSSR count). The van der Waals surface area contributed by atoms with Crippen molar-refractivity contribution in [3.63, 3.8) is 0 Å². The highest BCUT2D eigenvalue weighted by Crippen LogP contribution is 2.25. The van der Waals surface area contributed by atoms with Crippen LogP contribution in [0.3, 0.4) is 0 Å². The van der Waals surface area contributed by atoms with Gasteiger partial charge in [-0.2, -0.15) is 0 Å². The van der Waals surface area contributed by atoms with Crippen molar-refractivity contribution in [2.75, 3.05) is 14.2 Å². The van der Waals surface area contributed by atoms with Crippen LogP contribution in [-0.2, 0) is 13.1 Å². The number of hydrogen-bond acceptors (Lipinski definition) is 9. The number of amides is 2. The van der Waals surface area contributed by atoms with Crippen molar-refractivity contribution in [3.05, 3.63) is 149 Å². The van der Waals surface area contributed by atoms with Gasteiger partial charge in [0.05, 0.1) is 26.3 Å². The van der Waals surface area contributed by atoms with E-state index in [0.29, 0.717) is 22.4 Å². The number of nitrogens with zero attached hydrogens (tertiary/aromatic N) is 1. The zero-order valence-corrected chi connectivity index (χ0v) is 31.9. The summed E-state index contributed by atoms with van der Waals surface area (Å²) >= 11 is 0. The number of methoxy groups -OCH3 is 2. The number of ether oxygens (including phenoxy) is 4. The molecule has 0 aliphatic carbocycles. The quantitative estimate of drug-likeness (QED) is 0.0912. The SMILES string of the molecule is COc1cccc(C(C)NC(=O)c2ccnc(C(=O)NC(C)c3cccc(OC)c3)c2)c1.NCc1cccc(OC(F)(F)F)c1.NCc1cccc(OC(F)(F)F)c1. The molecular formula is C41H43F6N5O6. The largest absolute Gasteiger partial charge is 0.573 e. The van der Waals surface area contributed by atoms with Gasteiger partial charge in [-0.3, -0.25) is 14.6 Å². The monoisotopic (exact) mass is 815 g/mol. The Hall–Kier alpha value is -6.33. The molecule has 0 saturated carbocycles. The van der Waals surface area contributed by atoms with E-state index in [1.165, 1.54) is 48.7 Å². The Morgan fingerprint density at radius 2 is 1.02 bits per heavy atom. The number of nitrogens with two attached hydrogens (primary N) is 2. The highest BCUT2D eigenvalue weighted by molar-refractivity contribution is 5.98. The Morgan fingerprint density at radius 1 is 0.603 bits per heavy atom. The lowest BCUT2D eigenvalue weighted by molar-refractivity contribution is -0.275. The molecule has 0 fully saturated rings. The van der Waals surface area contributed by atoms with Crippen molar-refractivity contribution in [2.24, 2.45) is 11.5 Å². The fraction of sp³-hybridized carbons (Fsp3) is 0.244. The third-order valence-electron chi connectivity index (χ3n) is 7.87. The van der Waals surface area contributed by atoms with Crippen molar-refractivity contribution >= 4 is 11.8 Å². The normalized spacial score (nSPS) is 11.9. The lowest BCUT2D eigenvalue weighted by atomic mass is 10.1. The first kappa shape index (κ1) is 46.1. The number of pyridine rings is 1. The van der Waals surface area contributed by atoms with Gasteiger partial charge in [0.25, 0.3) is 11.8 Å². The second-order valence-electron chi connectivity index (χ2n) is 12.2. The Balaban J connectivity index is 0.000000283. The number of rotatable bonds is 12. The molecule has 310 valence electrons. The molecule has 1 aromatic heterocycles. The maximum atomic E-state index is 12.8. The van der Waals surface area contributed by atoms with Gasteiger partial charge < -0.3 is 41.0 Å². The number of alkyl halides is 6. The van der Waals surface area contributed by atoms with Gasteiger partial charge in [-0.25, -0.2) is 0 Å². The average Bonchev–Trinajstić information content (AvgIpc) is 3.20. The first-order chi connectivity index (χ1) is 27.4. The molecule has 2 unspecified atom stereocenters. The maximum absolute atomic E-state index is 12.8. The summed E-state index contributed by atoms with van der Waals surface area (Å²) in [6.07, 6.45) is -7.84. The van der Waals surface area contributed by atoms with E-state index in [2.05, 4.69) is 25.1 Å². The zero-order valence-electron chi connectivity index (χ0n) is 31.9. The Morgan fingerprint density at radius 3 is 1.43 bits per heavy atom. The molecule has 4 aromatic carbocycles. The summed E-state index contributed by atoms with van der Waals surface area (Å²) in [7, 11) is 3.19. The molecule has 0 bridgehead atoms. The molecule has 0 aliphatic heterocycles. The van der Waals surface area contributed by atoms with Crippen LogP contribution >= 0.6 is 0 Å². The second kappa shape index (κ2) is 21.8. The fourth-order valence-corrected chi connectivity index (χ4v) is 4.97. The summed E-state index contributed by atoms with van der Waals surface area (Å²) in [5, 5.41) is 5.85. The van der Waals surface area contributed by atoms with Crippen LogP contribution in [0.1, 0.15) is 69.0 Å². The summed E-state index contributed by atoms with van der Waals surface area (Å²) in [4.78, 5) is 29.6. The van der Waals surface area contributed by atoms with Gasteiger partial charge in [0.1, 0.15) is 28.7 Å². The van der Waals surface area contributed by atoms with E-state index in [-0.39, 0.29) is 54.2 Å². The number of aromatic nitrogens is 1. The van der Waals surface area contributed by atoms with Crippen molar-refractivity contribution < 1.29 is 54.9 Å². The summed E-state index contributed by atoms with van der Waals surface area (Å²) in [5.74, 6) is 0.293. The van der Waals surface area contributed by atoms with E-state index in [9.17, 15) is 35.9 Å². The molecular weight excluding hydrogens is 772 g/mol. The lowest BCUT2D eigenvalue weighted by Gasteiger charge is -2.16. The number of carbonyl (C=O) groups is 2. The number of carbonyl (C=O) groups excluding carboxylic acids is 2. The number of nitrogens with one attached hydrogen (secondary N) is 2. The molecule has 2 atom stereocenters. The minimum absolute atomic E-state index is 0.168. The Kier molecular flexibility index (Phi) is 17.3. The van der Waals surface area contributed by atoms with Crippen molar-refractivity contribution in [1.82, 2.24) is 15.6 Å². The lowest BCUT2D eigenvalue weighted by Crippen LogP contribution is -2.29. The molecule has 17 heteroatoms. The Bertz CT molecular complexity index is 1940. The van der Waals surface area contributed by atoms with Crippen molar-refractivity contribution in [3.8, 4) is 23.0 Å². The van der Waals surface area contributed by atoms with Crippen LogP contribution in [0.15, 0.2) is 115 Å². The van der Waals surface area contributed by atoms with Crippen LogP contribution < -0.4 is 41.0 Å². The van der Waals surface area contributed by atoms with Gasteiger partial charge in [0.15, 0.2) is 0 Å².